The van der Waals surface area contributed by atoms with Crippen LogP contribution in [-0.2, 0) is 4.79 Å². The third kappa shape index (κ3) is 3.69. The van der Waals surface area contributed by atoms with Crippen molar-refractivity contribution in [2.75, 3.05) is 26.2 Å². The summed E-state index contributed by atoms with van der Waals surface area (Å²) >= 11 is 0. The smallest absolute Gasteiger partial charge is 0.224 e. The minimum Gasteiger partial charge on any atom is -0.343 e. The Morgan fingerprint density at radius 1 is 1.26 bits per heavy atom. The molecule has 4 heteroatoms. The molecule has 1 saturated heterocycles. The summed E-state index contributed by atoms with van der Waals surface area (Å²) in [7, 11) is 0. The Labute approximate surface area is 117 Å². The second kappa shape index (κ2) is 7.25. The van der Waals surface area contributed by atoms with Gasteiger partial charge in [-0.15, -0.1) is 0 Å². The zero-order chi connectivity index (χ0) is 13.7. The largest absolute Gasteiger partial charge is 0.343 e. The molecule has 1 aliphatic heterocycles. The number of hydrogen-bond acceptors (Lipinski definition) is 3. The number of nitrogens with zero attached hydrogens (tertiary/aromatic N) is 2. The molecule has 2 rings (SSSR count). The van der Waals surface area contributed by atoms with E-state index in [9.17, 15) is 4.79 Å². The van der Waals surface area contributed by atoms with Crippen molar-refractivity contribution in [2.45, 2.75) is 64.0 Å². The predicted octanol–water partition coefficient (Wildman–Crippen LogP) is 1.59. The average molecular weight is 267 g/mol. The summed E-state index contributed by atoms with van der Waals surface area (Å²) in [5.41, 5.74) is 5.95. The van der Waals surface area contributed by atoms with Gasteiger partial charge in [0.15, 0.2) is 0 Å². The van der Waals surface area contributed by atoms with Crippen LogP contribution in [0.15, 0.2) is 0 Å². The first-order valence-electron chi connectivity index (χ1n) is 7.99. The van der Waals surface area contributed by atoms with Crippen molar-refractivity contribution >= 4 is 5.91 Å². The van der Waals surface area contributed by atoms with E-state index in [1.54, 1.807) is 0 Å². The molecule has 0 spiro atoms. The Hall–Kier alpha value is -0.610. The van der Waals surface area contributed by atoms with Crippen LogP contribution in [0.25, 0.3) is 0 Å². The van der Waals surface area contributed by atoms with Gasteiger partial charge in [0.05, 0.1) is 0 Å². The lowest BCUT2D eigenvalue weighted by Gasteiger charge is -2.35. The molecule has 19 heavy (non-hydrogen) atoms. The highest BCUT2D eigenvalue weighted by Gasteiger charge is 2.29. The lowest BCUT2D eigenvalue weighted by molar-refractivity contribution is -0.131. The molecule has 2 fully saturated rings. The molecule has 0 aromatic rings. The number of amides is 1. The Morgan fingerprint density at radius 3 is 2.42 bits per heavy atom. The third-order valence-corrected chi connectivity index (χ3v) is 4.77. The fourth-order valence-electron chi connectivity index (χ4n) is 3.68. The van der Waals surface area contributed by atoms with E-state index < -0.39 is 0 Å². The Bertz CT molecular complexity index is 283. The van der Waals surface area contributed by atoms with Gasteiger partial charge in [-0.3, -0.25) is 9.69 Å². The highest BCUT2D eigenvalue weighted by atomic mass is 16.2. The number of carbonyl (C=O) groups is 1. The van der Waals surface area contributed by atoms with Gasteiger partial charge in [-0.1, -0.05) is 19.8 Å². The fraction of sp³-hybridized carbons (Fsp3) is 0.933. The van der Waals surface area contributed by atoms with Gasteiger partial charge in [0.1, 0.15) is 0 Å². The van der Waals surface area contributed by atoms with E-state index in [0.717, 1.165) is 19.6 Å². The molecule has 1 amide bonds. The molecule has 0 bridgehead atoms. The number of likely N-dealkylation sites (tertiary alicyclic amines) is 1. The first kappa shape index (κ1) is 14.8. The monoisotopic (exact) mass is 267 g/mol. The second-order valence-electron chi connectivity index (χ2n) is 5.95. The van der Waals surface area contributed by atoms with E-state index in [4.69, 9.17) is 5.73 Å². The van der Waals surface area contributed by atoms with Crippen molar-refractivity contribution < 1.29 is 4.79 Å². The van der Waals surface area contributed by atoms with Gasteiger partial charge in [-0.2, -0.15) is 0 Å². The number of carbonyl (C=O) groups excluding carboxylic acids is 1. The Balaban J connectivity index is 1.91. The number of rotatable bonds is 6. The fourth-order valence-corrected chi connectivity index (χ4v) is 3.68. The summed E-state index contributed by atoms with van der Waals surface area (Å²) < 4.78 is 0. The summed E-state index contributed by atoms with van der Waals surface area (Å²) in [6.07, 6.45) is 8.17. The molecule has 110 valence electrons. The van der Waals surface area contributed by atoms with Crippen molar-refractivity contribution in [3.63, 3.8) is 0 Å². The quantitative estimate of drug-likeness (QED) is 0.795. The SMILES string of the molecule is CCN(C1CCCC1)C(CN)CC(=O)N1CCCC1. The van der Waals surface area contributed by atoms with Crippen molar-refractivity contribution in [1.29, 1.82) is 0 Å². The van der Waals surface area contributed by atoms with Crippen LogP contribution in [0.5, 0.6) is 0 Å². The highest BCUT2D eigenvalue weighted by Crippen LogP contribution is 2.26. The van der Waals surface area contributed by atoms with Crippen LogP contribution in [0.4, 0.5) is 0 Å². The first-order chi connectivity index (χ1) is 9.26. The van der Waals surface area contributed by atoms with Gasteiger partial charge in [0.25, 0.3) is 0 Å². The zero-order valence-corrected chi connectivity index (χ0v) is 12.3. The van der Waals surface area contributed by atoms with Gasteiger partial charge in [0, 0.05) is 38.1 Å². The van der Waals surface area contributed by atoms with Crippen LogP contribution < -0.4 is 5.73 Å². The summed E-state index contributed by atoms with van der Waals surface area (Å²) in [5, 5.41) is 0. The van der Waals surface area contributed by atoms with E-state index in [2.05, 4.69) is 11.8 Å². The molecular formula is C15H29N3O. The van der Waals surface area contributed by atoms with Gasteiger partial charge in [-0.25, -0.2) is 0 Å². The first-order valence-corrected chi connectivity index (χ1v) is 7.99. The summed E-state index contributed by atoms with van der Waals surface area (Å²) in [4.78, 5) is 16.8. The predicted molar refractivity (Wildman–Crippen MR) is 77.9 cm³/mol. The maximum Gasteiger partial charge on any atom is 0.224 e. The van der Waals surface area contributed by atoms with Crippen LogP contribution >= 0.6 is 0 Å². The summed E-state index contributed by atoms with van der Waals surface area (Å²) in [6.45, 7) is 5.71. The molecule has 2 N–H and O–H groups in total. The maximum absolute atomic E-state index is 12.3. The normalized spacial score (nSPS) is 22.4. The van der Waals surface area contributed by atoms with Gasteiger partial charge >= 0.3 is 0 Å². The second-order valence-corrected chi connectivity index (χ2v) is 5.95. The average Bonchev–Trinajstić information content (AvgIpc) is 3.11. The van der Waals surface area contributed by atoms with E-state index in [-0.39, 0.29) is 6.04 Å². The number of nitrogens with two attached hydrogens (primary N) is 1. The molecule has 0 aromatic carbocycles. The minimum absolute atomic E-state index is 0.237. The molecule has 0 aromatic heterocycles. The molecule has 1 aliphatic carbocycles. The van der Waals surface area contributed by atoms with Crippen LogP contribution in [0.3, 0.4) is 0 Å². The van der Waals surface area contributed by atoms with E-state index in [1.807, 2.05) is 4.90 Å². The molecule has 0 radical (unpaired) electrons. The lowest BCUT2D eigenvalue weighted by atomic mass is 10.1. The van der Waals surface area contributed by atoms with Gasteiger partial charge < -0.3 is 10.6 Å². The standard InChI is InChI=1S/C15H29N3O/c1-2-18(13-7-3-4-8-13)14(12-16)11-15(19)17-9-5-6-10-17/h13-14H,2-12,16H2,1H3. The van der Waals surface area contributed by atoms with Crippen LogP contribution in [0.1, 0.15) is 51.9 Å². The van der Waals surface area contributed by atoms with E-state index in [0.29, 0.717) is 24.9 Å². The Kier molecular flexibility index (Phi) is 5.64. The highest BCUT2D eigenvalue weighted by molar-refractivity contribution is 5.77. The maximum atomic E-state index is 12.3. The molecule has 1 heterocycles. The van der Waals surface area contributed by atoms with E-state index >= 15 is 0 Å². The molecular weight excluding hydrogens is 238 g/mol. The van der Waals surface area contributed by atoms with Crippen LogP contribution in [0.2, 0.25) is 0 Å². The minimum atomic E-state index is 0.237. The van der Waals surface area contributed by atoms with Gasteiger partial charge in [-0.05, 0) is 32.2 Å². The van der Waals surface area contributed by atoms with Crippen LogP contribution in [0, 0.1) is 0 Å². The molecule has 1 atom stereocenters. The number of hydrogen-bond donors (Lipinski definition) is 1. The third-order valence-electron chi connectivity index (χ3n) is 4.77. The molecule has 2 aliphatic rings. The van der Waals surface area contributed by atoms with Gasteiger partial charge in [0.2, 0.25) is 5.91 Å². The van der Waals surface area contributed by atoms with Crippen molar-refractivity contribution in [2.24, 2.45) is 5.73 Å². The molecule has 1 unspecified atom stereocenters. The lowest BCUT2D eigenvalue weighted by Crippen LogP contribution is -2.48. The Morgan fingerprint density at radius 2 is 1.89 bits per heavy atom. The van der Waals surface area contributed by atoms with Crippen LogP contribution in [-0.4, -0.2) is 54.0 Å². The summed E-state index contributed by atoms with van der Waals surface area (Å²) in [5.74, 6) is 0.310. The molecule has 1 saturated carbocycles. The van der Waals surface area contributed by atoms with Crippen molar-refractivity contribution in [3.05, 3.63) is 0 Å². The zero-order valence-electron chi connectivity index (χ0n) is 12.3. The number of likely N-dealkylation sites (N-methyl/N-ethyl adjacent to an activating group) is 1. The van der Waals surface area contributed by atoms with Crippen molar-refractivity contribution in [1.82, 2.24) is 9.80 Å². The summed E-state index contributed by atoms with van der Waals surface area (Å²) in [6, 6.07) is 0.895. The molecule has 4 nitrogen and oxygen atoms in total. The topological polar surface area (TPSA) is 49.6 Å². The van der Waals surface area contributed by atoms with E-state index in [1.165, 1.54) is 38.5 Å². The van der Waals surface area contributed by atoms with Crippen molar-refractivity contribution in [3.8, 4) is 0 Å².